The number of anilines is 2. The van der Waals surface area contributed by atoms with Crippen LogP contribution in [0.4, 0.5) is 24.5 Å². The van der Waals surface area contributed by atoms with E-state index in [0.717, 1.165) is 11.1 Å². The Bertz CT molecular complexity index is 1360. The van der Waals surface area contributed by atoms with Gasteiger partial charge in [-0.1, -0.05) is 0 Å². The van der Waals surface area contributed by atoms with Crippen LogP contribution in [0.2, 0.25) is 0 Å². The summed E-state index contributed by atoms with van der Waals surface area (Å²) >= 11 is -1.62. The first-order chi connectivity index (χ1) is 17.9. The molecule has 0 bridgehead atoms. The molecule has 0 spiro atoms. The van der Waals surface area contributed by atoms with Crippen LogP contribution in [0.3, 0.4) is 0 Å². The van der Waals surface area contributed by atoms with Crippen LogP contribution in [0.15, 0.2) is 46.5 Å². The lowest BCUT2D eigenvalue weighted by atomic mass is 9.94. The Morgan fingerprint density at radius 1 is 1.26 bits per heavy atom. The molecule has 4 rings (SSSR count). The highest BCUT2D eigenvalue weighted by Crippen LogP contribution is 2.34. The third-order valence-corrected chi connectivity index (χ3v) is 7.79. The van der Waals surface area contributed by atoms with Crippen LogP contribution in [-0.4, -0.2) is 71.9 Å². The summed E-state index contributed by atoms with van der Waals surface area (Å²) in [6, 6.07) is 6.20. The lowest BCUT2D eigenvalue weighted by Gasteiger charge is -2.41. The Morgan fingerprint density at radius 3 is 2.66 bits per heavy atom. The minimum absolute atomic E-state index is 0.158. The molecule has 3 heterocycles. The fourth-order valence-electron chi connectivity index (χ4n) is 4.47. The summed E-state index contributed by atoms with van der Waals surface area (Å²) in [5.41, 5.74) is 3.20. The number of aromatic nitrogens is 4. The summed E-state index contributed by atoms with van der Waals surface area (Å²) in [6.45, 7) is 2.46. The highest BCUT2D eigenvalue weighted by atomic mass is 32.2. The van der Waals surface area contributed by atoms with Gasteiger partial charge in [0, 0.05) is 56.9 Å². The van der Waals surface area contributed by atoms with E-state index in [2.05, 4.69) is 15.5 Å². The highest BCUT2D eigenvalue weighted by Gasteiger charge is 2.38. The van der Waals surface area contributed by atoms with E-state index in [1.165, 1.54) is 27.8 Å². The maximum Gasteiger partial charge on any atom is 0.390 e. The lowest BCUT2D eigenvalue weighted by Crippen LogP contribution is -2.51. The molecule has 3 aromatic rings. The summed E-state index contributed by atoms with van der Waals surface area (Å²) in [4.78, 5) is 14.8. The van der Waals surface area contributed by atoms with E-state index in [0.29, 0.717) is 23.5 Å². The SMILES string of the molecule is Cc1cc(Nc2ccc(=O)n(C)c2)c(C=N)cc1C1CN([S+]([O-])c2cnn(C)n2)CCN1CCC(F)(F)F. The summed E-state index contributed by atoms with van der Waals surface area (Å²) in [7, 11) is 3.25. The molecule has 2 N–H and O–H groups in total. The molecule has 2 atom stereocenters. The van der Waals surface area contributed by atoms with Crippen LogP contribution in [-0.2, 0) is 25.5 Å². The van der Waals surface area contributed by atoms with Crippen molar-refractivity contribution in [2.24, 2.45) is 14.1 Å². The predicted octanol–water partition coefficient (Wildman–Crippen LogP) is 2.90. The Morgan fingerprint density at radius 2 is 2.03 bits per heavy atom. The summed E-state index contributed by atoms with van der Waals surface area (Å²) in [6.07, 6.45) is -1.04. The van der Waals surface area contributed by atoms with Crippen molar-refractivity contribution in [1.29, 1.82) is 5.41 Å². The molecule has 1 fully saturated rings. The van der Waals surface area contributed by atoms with Gasteiger partial charge in [-0.2, -0.15) is 23.1 Å². The minimum Gasteiger partial charge on any atom is -0.591 e. The van der Waals surface area contributed by atoms with Crippen LogP contribution >= 0.6 is 0 Å². The van der Waals surface area contributed by atoms with Gasteiger partial charge in [-0.05, 0) is 36.2 Å². The number of alkyl halides is 3. The summed E-state index contributed by atoms with van der Waals surface area (Å²) < 4.78 is 55.7. The molecule has 14 heteroatoms. The molecule has 10 nitrogen and oxygen atoms in total. The van der Waals surface area contributed by atoms with Gasteiger partial charge in [0.2, 0.25) is 5.56 Å². The minimum atomic E-state index is -4.30. The second-order valence-electron chi connectivity index (χ2n) is 9.16. The fourth-order valence-corrected chi connectivity index (χ4v) is 5.58. The van der Waals surface area contributed by atoms with Gasteiger partial charge in [0.15, 0.2) is 0 Å². The molecule has 38 heavy (non-hydrogen) atoms. The van der Waals surface area contributed by atoms with Crippen LogP contribution in [0.25, 0.3) is 0 Å². The average Bonchev–Trinajstić information content (AvgIpc) is 3.30. The second kappa shape index (κ2) is 11.3. The molecule has 0 aliphatic carbocycles. The number of piperazine rings is 1. The number of nitrogens with zero attached hydrogens (tertiary/aromatic N) is 6. The number of aryl methyl sites for hydroxylation is 3. The van der Waals surface area contributed by atoms with Crippen molar-refractivity contribution < 1.29 is 17.7 Å². The molecule has 0 radical (unpaired) electrons. The smallest absolute Gasteiger partial charge is 0.390 e. The number of pyridine rings is 1. The van der Waals surface area contributed by atoms with Crippen molar-refractivity contribution >= 4 is 29.0 Å². The number of hydrogen-bond donors (Lipinski definition) is 2. The van der Waals surface area contributed by atoms with Crippen molar-refractivity contribution in [3.8, 4) is 0 Å². The van der Waals surface area contributed by atoms with Crippen LogP contribution in [0.1, 0.15) is 29.2 Å². The summed E-state index contributed by atoms with van der Waals surface area (Å²) in [5, 5.41) is 19.6. The highest BCUT2D eigenvalue weighted by molar-refractivity contribution is 7.89. The van der Waals surface area contributed by atoms with Gasteiger partial charge in [0.05, 0.1) is 31.2 Å². The van der Waals surface area contributed by atoms with Gasteiger partial charge in [-0.3, -0.25) is 9.69 Å². The molecule has 204 valence electrons. The zero-order valence-corrected chi connectivity index (χ0v) is 22.0. The second-order valence-corrected chi connectivity index (χ2v) is 10.6. The Balaban J connectivity index is 1.66. The number of benzene rings is 1. The maximum atomic E-state index is 13.2. The third-order valence-electron chi connectivity index (χ3n) is 6.45. The molecule has 0 saturated carbocycles. The predicted molar refractivity (Wildman–Crippen MR) is 138 cm³/mol. The molecule has 2 aromatic heterocycles. The Kier molecular flexibility index (Phi) is 8.25. The van der Waals surface area contributed by atoms with Gasteiger partial charge in [-0.25, -0.2) is 0 Å². The molecule has 2 unspecified atom stereocenters. The monoisotopic (exact) mass is 550 g/mol. The quantitative estimate of drug-likeness (QED) is 0.327. The van der Waals surface area contributed by atoms with Crippen molar-refractivity contribution in [3.05, 3.63) is 63.7 Å². The molecule has 1 aromatic carbocycles. The van der Waals surface area contributed by atoms with E-state index in [-0.39, 0.29) is 30.2 Å². The topological polar surface area (TPSA) is 118 Å². The van der Waals surface area contributed by atoms with Crippen molar-refractivity contribution in [2.75, 3.05) is 31.5 Å². The molecule has 1 aliphatic rings. The van der Waals surface area contributed by atoms with Crippen LogP contribution < -0.4 is 10.9 Å². The van der Waals surface area contributed by atoms with Crippen molar-refractivity contribution in [3.63, 3.8) is 0 Å². The van der Waals surface area contributed by atoms with E-state index in [1.54, 1.807) is 41.6 Å². The van der Waals surface area contributed by atoms with Crippen LogP contribution in [0.5, 0.6) is 0 Å². The van der Waals surface area contributed by atoms with E-state index >= 15 is 0 Å². The van der Waals surface area contributed by atoms with Gasteiger partial charge >= 0.3 is 11.2 Å². The molecule has 1 aliphatic heterocycles. The van der Waals surface area contributed by atoms with E-state index in [9.17, 15) is 22.5 Å². The Labute approximate surface area is 220 Å². The Hall–Kier alpha value is -3.20. The zero-order chi connectivity index (χ0) is 27.6. The average molecular weight is 551 g/mol. The standard InChI is InChI=1S/C24H29F3N8O2S/c1-16-10-20(30-18-4-5-23(36)32(2)14-18)17(12-28)11-19(16)21-15-35(38(37)22-13-29-33(3)31-22)9-8-34(21)7-6-24(25,26)27/h4-5,10-14,21,28,30H,6-9,15H2,1-3H3. The number of halogens is 3. The van der Waals surface area contributed by atoms with E-state index in [4.69, 9.17) is 5.41 Å². The zero-order valence-electron chi connectivity index (χ0n) is 21.2. The van der Waals surface area contributed by atoms with E-state index < -0.39 is 30.0 Å². The first kappa shape index (κ1) is 27.8. The van der Waals surface area contributed by atoms with Crippen LogP contribution in [0, 0.1) is 12.3 Å². The van der Waals surface area contributed by atoms with Gasteiger partial charge in [-0.15, -0.1) is 9.40 Å². The first-order valence-corrected chi connectivity index (χ1v) is 13.0. The van der Waals surface area contributed by atoms with E-state index in [1.807, 2.05) is 13.0 Å². The number of nitrogens with one attached hydrogen (secondary N) is 2. The van der Waals surface area contributed by atoms with Crippen molar-refractivity contribution in [1.82, 2.24) is 28.8 Å². The number of rotatable bonds is 8. The lowest BCUT2D eigenvalue weighted by molar-refractivity contribution is -0.140. The normalized spacial score (nSPS) is 17.9. The van der Waals surface area contributed by atoms with Gasteiger partial charge in [0.25, 0.3) is 0 Å². The first-order valence-electron chi connectivity index (χ1n) is 11.9. The molecular weight excluding hydrogens is 521 g/mol. The number of hydrogen-bond acceptors (Lipinski definition) is 8. The third kappa shape index (κ3) is 6.43. The largest absolute Gasteiger partial charge is 0.591 e. The van der Waals surface area contributed by atoms with Gasteiger partial charge < -0.3 is 19.8 Å². The van der Waals surface area contributed by atoms with Crippen molar-refractivity contribution in [2.45, 2.75) is 30.6 Å². The fraction of sp³-hybridized carbons (Fsp3) is 0.417. The summed E-state index contributed by atoms with van der Waals surface area (Å²) in [5.74, 6) is 0. The maximum absolute atomic E-state index is 13.2. The molecule has 0 amide bonds. The molecule has 1 saturated heterocycles. The van der Waals surface area contributed by atoms with Gasteiger partial charge in [0.1, 0.15) is 17.6 Å². The molecular formula is C24H29F3N8O2S.